The van der Waals surface area contributed by atoms with Gasteiger partial charge < -0.3 is 9.84 Å². The lowest BCUT2D eigenvalue weighted by atomic mass is 9.97. The van der Waals surface area contributed by atoms with Crippen molar-refractivity contribution in [2.45, 2.75) is 31.6 Å². The molecule has 26 heavy (non-hydrogen) atoms. The van der Waals surface area contributed by atoms with Crippen LogP contribution in [-0.2, 0) is 14.8 Å². The molecule has 1 aliphatic rings. The Morgan fingerprint density at radius 1 is 1.31 bits per heavy atom. The molecule has 1 aliphatic heterocycles. The Morgan fingerprint density at radius 3 is 2.54 bits per heavy atom. The Kier molecular flexibility index (Phi) is 5.31. The fraction of sp³-hybridized carbons (Fsp3) is 0.438. The van der Waals surface area contributed by atoms with Gasteiger partial charge in [0.15, 0.2) is 5.76 Å². The zero-order chi connectivity index (χ0) is 18.9. The molecule has 0 unspecified atom stereocenters. The maximum atomic E-state index is 12.8. The molecule has 8 nitrogen and oxygen atoms in total. The van der Waals surface area contributed by atoms with Crippen molar-refractivity contribution in [2.75, 3.05) is 18.4 Å². The van der Waals surface area contributed by atoms with Gasteiger partial charge in [0.25, 0.3) is 0 Å². The monoisotopic (exact) mass is 398 g/mol. The van der Waals surface area contributed by atoms with Crippen LogP contribution in [0.25, 0.3) is 0 Å². The minimum atomic E-state index is -3.67. The number of hydrogen-bond acceptors (Lipinski definition) is 6. The molecule has 0 aliphatic carbocycles. The predicted octanol–water partition coefficient (Wildman–Crippen LogP) is 2.38. The molecule has 0 atom stereocenters. The molecule has 2 aromatic rings. The van der Waals surface area contributed by atoms with Crippen LogP contribution in [0, 0.1) is 19.8 Å². The van der Waals surface area contributed by atoms with Gasteiger partial charge in [-0.1, -0.05) is 16.8 Å². The average Bonchev–Trinajstić information content (AvgIpc) is 2.96. The minimum Gasteiger partial charge on any atom is -0.360 e. The van der Waals surface area contributed by atoms with E-state index < -0.39 is 10.0 Å². The zero-order valence-corrected chi connectivity index (χ0v) is 16.0. The number of hydrogen-bond donors (Lipinski definition) is 1. The molecule has 0 radical (unpaired) electrons. The van der Waals surface area contributed by atoms with Gasteiger partial charge in [0.05, 0.1) is 5.02 Å². The maximum Gasteiger partial charge on any atom is 0.248 e. The summed E-state index contributed by atoms with van der Waals surface area (Å²) >= 11 is 5.77. The van der Waals surface area contributed by atoms with E-state index in [2.05, 4.69) is 15.5 Å². The van der Waals surface area contributed by atoms with E-state index in [-0.39, 0.29) is 35.6 Å². The van der Waals surface area contributed by atoms with Crippen molar-refractivity contribution in [1.29, 1.82) is 0 Å². The summed E-state index contributed by atoms with van der Waals surface area (Å²) in [5.41, 5.74) is 0.344. The Bertz CT molecular complexity index is 883. The van der Waals surface area contributed by atoms with E-state index in [1.807, 2.05) is 0 Å². The number of piperidine rings is 1. The fourth-order valence-electron chi connectivity index (χ4n) is 3.01. The lowest BCUT2D eigenvalue weighted by molar-refractivity contribution is -0.120. The smallest absolute Gasteiger partial charge is 0.248 e. The first-order valence-corrected chi connectivity index (χ1v) is 9.96. The molecule has 140 valence electrons. The Balaban J connectivity index is 1.63. The van der Waals surface area contributed by atoms with Crippen LogP contribution >= 0.6 is 11.6 Å². The number of halogens is 1. The third-order valence-corrected chi connectivity index (χ3v) is 6.74. The van der Waals surface area contributed by atoms with Gasteiger partial charge >= 0.3 is 0 Å². The van der Waals surface area contributed by atoms with E-state index in [1.54, 1.807) is 26.0 Å². The van der Waals surface area contributed by atoms with E-state index in [0.29, 0.717) is 29.4 Å². The lowest BCUT2D eigenvalue weighted by Gasteiger charge is -2.30. The van der Waals surface area contributed by atoms with Crippen LogP contribution < -0.4 is 5.32 Å². The highest BCUT2D eigenvalue weighted by molar-refractivity contribution is 7.89. The van der Waals surface area contributed by atoms with Crippen molar-refractivity contribution in [2.24, 2.45) is 5.92 Å². The van der Waals surface area contributed by atoms with Crippen molar-refractivity contribution in [1.82, 2.24) is 14.4 Å². The van der Waals surface area contributed by atoms with Crippen LogP contribution in [0.1, 0.15) is 24.3 Å². The van der Waals surface area contributed by atoms with Crippen molar-refractivity contribution in [3.8, 4) is 0 Å². The number of aromatic nitrogens is 2. The number of carbonyl (C=O) groups excluding carboxylic acids is 1. The summed E-state index contributed by atoms with van der Waals surface area (Å²) < 4.78 is 31.9. The molecule has 1 amide bonds. The van der Waals surface area contributed by atoms with Gasteiger partial charge in [-0.05, 0) is 38.8 Å². The van der Waals surface area contributed by atoms with Crippen molar-refractivity contribution in [3.63, 3.8) is 0 Å². The summed E-state index contributed by atoms with van der Waals surface area (Å²) in [7, 11) is -3.67. The molecule has 1 saturated heterocycles. The predicted molar refractivity (Wildman–Crippen MR) is 95.3 cm³/mol. The average molecular weight is 399 g/mol. The van der Waals surface area contributed by atoms with Crippen LogP contribution in [0.5, 0.6) is 0 Å². The molecule has 2 aromatic heterocycles. The van der Waals surface area contributed by atoms with Gasteiger partial charge in [0.2, 0.25) is 15.9 Å². The number of sulfonamides is 1. The molecule has 1 fully saturated rings. The van der Waals surface area contributed by atoms with Gasteiger partial charge in [-0.25, -0.2) is 13.4 Å². The minimum absolute atomic E-state index is 0.116. The first-order chi connectivity index (χ1) is 12.3. The van der Waals surface area contributed by atoms with Crippen molar-refractivity contribution < 1.29 is 17.7 Å². The van der Waals surface area contributed by atoms with Crippen LogP contribution in [0.2, 0.25) is 5.02 Å². The van der Waals surface area contributed by atoms with Gasteiger partial charge in [0.1, 0.15) is 16.4 Å². The molecule has 0 saturated carbocycles. The summed E-state index contributed by atoms with van der Waals surface area (Å²) in [6.45, 7) is 3.70. The maximum absolute atomic E-state index is 12.8. The summed E-state index contributed by atoms with van der Waals surface area (Å²) in [5, 5.41) is 6.94. The second-order valence-electron chi connectivity index (χ2n) is 6.18. The third-order valence-electron chi connectivity index (χ3n) is 4.37. The normalized spacial score (nSPS) is 16.6. The standard InChI is InChI=1S/C16H19ClN4O4S/c1-10-15(11(2)25-20-10)26(23,24)21-7-5-12(6-8-21)16(22)19-14-4-3-13(17)9-18-14/h3-4,9,12H,5-8H2,1-2H3,(H,18,19,22). The Hall–Kier alpha value is -1.97. The van der Waals surface area contributed by atoms with E-state index >= 15 is 0 Å². The number of nitrogens with one attached hydrogen (secondary N) is 1. The van der Waals surface area contributed by atoms with E-state index in [0.717, 1.165) is 0 Å². The van der Waals surface area contributed by atoms with Crippen LogP contribution in [0.15, 0.2) is 27.7 Å². The van der Waals surface area contributed by atoms with Crippen LogP contribution in [0.3, 0.4) is 0 Å². The topological polar surface area (TPSA) is 105 Å². The molecular formula is C16H19ClN4O4S. The fourth-order valence-corrected chi connectivity index (χ4v) is 4.88. The molecule has 1 N–H and O–H groups in total. The highest BCUT2D eigenvalue weighted by Crippen LogP contribution is 2.28. The summed E-state index contributed by atoms with van der Waals surface area (Å²) in [6.07, 6.45) is 2.32. The molecule has 3 rings (SSSR count). The number of rotatable bonds is 4. The zero-order valence-electron chi connectivity index (χ0n) is 14.4. The molecule has 0 aromatic carbocycles. The third kappa shape index (κ3) is 3.74. The number of nitrogens with zero attached hydrogens (tertiary/aromatic N) is 3. The Morgan fingerprint density at radius 2 is 2.00 bits per heavy atom. The number of amides is 1. The van der Waals surface area contributed by atoms with Gasteiger partial charge in [-0.15, -0.1) is 0 Å². The number of anilines is 1. The van der Waals surface area contributed by atoms with Crippen molar-refractivity contribution in [3.05, 3.63) is 34.8 Å². The highest BCUT2D eigenvalue weighted by atomic mass is 35.5. The molecular weight excluding hydrogens is 380 g/mol. The van der Waals surface area contributed by atoms with E-state index in [9.17, 15) is 13.2 Å². The SMILES string of the molecule is Cc1noc(C)c1S(=O)(=O)N1CCC(C(=O)Nc2ccc(Cl)cn2)CC1. The summed E-state index contributed by atoms with van der Waals surface area (Å²) in [6, 6.07) is 3.26. The second-order valence-corrected chi connectivity index (χ2v) is 8.49. The quantitative estimate of drug-likeness (QED) is 0.847. The van der Waals surface area contributed by atoms with Crippen LogP contribution in [0.4, 0.5) is 5.82 Å². The summed E-state index contributed by atoms with van der Waals surface area (Å²) in [5.74, 6) is 0.249. The molecule has 10 heteroatoms. The molecule has 3 heterocycles. The van der Waals surface area contributed by atoms with Gasteiger partial charge in [-0.3, -0.25) is 4.79 Å². The van der Waals surface area contributed by atoms with Crippen LogP contribution in [-0.4, -0.2) is 41.9 Å². The van der Waals surface area contributed by atoms with E-state index in [1.165, 1.54) is 10.5 Å². The van der Waals surface area contributed by atoms with Crippen molar-refractivity contribution >= 4 is 33.3 Å². The number of carbonyl (C=O) groups is 1. The second kappa shape index (κ2) is 7.34. The number of pyridine rings is 1. The summed E-state index contributed by atoms with van der Waals surface area (Å²) in [4.78, 5) is 16.5. The highest BCUT2D eigenvalue weighted by Gasteiger charge is 2.35. The lowest BCUT2D eigenvalue weighted by Crippen LogP contribution is -2.41. The Labute approximate surface area is 156 Å². The molecule has 0 bridgehead atoms. The first-order valence-electron chi connectivity index (χ1n) is 8.14. The first kappa shape index (κ1) is 18.8. The van der Waals surface area contributed by atoms with Gasteiger partial charge in [-0.2, -0.15) is 4.31 Å². The van der Waals surface area contributed by atoms with E-state index in [4.69, 9.17) is 16.1 Å². The number of aryl methyl sites for hydroxylation is 2. The van der Waals surface area contributed by atoms with Gasteiger partial charge in [0, 0.05) is 25.2 Å². The largest absolute Gasteiger partial charge is 0.360 e. The molecule has 0 spiro atoms.